The molecule has 0 saturated carbocycles. The molecular formula is C20H19FN4O3. The number of halogens is 1. The van der Waals surface area contributed by atoms with E-state index in [0.29, 0.717) is 18.7 Å². The van der Waals surface area contributed by atoms with Crippen LogP contribution in [0, 0.1) is 40.8 Å². The van der Waals surface area contributed by atoms with Crippen LogP contribution in [0.15, 0.2) is 29.3 Å². The van der Waals surface area contributed by atoms with E-state index in [1.165, 1.54) is 12.1 Å². The molecule has 8 heteroatoms. The number of hydrogen-bond acceptors (Lipinski definition) is 6. The highest BCUT2D eigenvalue weighted by atomic mass is 19.1. The highest BCUT2D eigenvalue weighted by Crippen LogP contribution is 2.25. The first-order valence-electron chi connectivity index (χ1n) is 8.81. The van der Waals surface area contributed by atoms with E-state index < -0.39 is 23.0 Å². The van der Waals surface area contributed by atoms with Gasteiger partial charge in [0.1, 0.15) is 5.82 Å². The minimum atomic E-state index is -0.690. The van der Waals surface area contributed by atoms with Gasteiger partial charge in [-0.05, 0) is 17.7 Å². The summed E-state index contributed by atoms with van der Waals surface area (Å²) in [5.74, 6) is 3.88. The molecule has 1 aromatic heterocycles. The maximum absolute atomic E-state index is 14.6. The zero-order valence-electron chi connectivity index (χ0n) is 14.9. The van der Waals surface area contributed by atoms with Gasteiger partial charge < -0.3 is 20.5 Å². The molecule has 0 amide bonds. The van der Waals surface area contributed by atoms with E-state index in [1.54, 1.807) is 6.07 Å². The number of nitrogens with one attached hydrogen (secondary N) is 2. The van der Waals surface area contributed by atoms with Gasteiger partial charge >= 0.3 is 0 Å². The van der Waals surface area contributed by atoms with E-state index in [4.69, 9.17) is 5.26 Å². The van der Waals surface area contributed by atoms with Crippen molar-refractivity contribution in [1.82, 2.24) is 15.3 Å². The summed E-state index contributed by atoms with van der Waals surface area (Å²) in [5.41, 5.74) is 0.109. The van der Waals surface area contributed by atoms with Crippen molar-refractivity contribution < 1.29 is 14.6 Å². The standard InChI is InChI=1S/C20H19FN4O3/c21-17-5-12(1-3-13-8-23-9-15(13)7-22)2-4-16(17)14(10-26)6-18-19(27)20(28)25-11-24-18/h2,4-5,11,13-15,23,26-27H,6,8-10H2,(H,24,25,28). The van der Waals surface area contributed by atoms with Gasteiger partial charge in [0, 0.05) is 31.0 Å². The van der Waals surface area contributed by atoms with Crippen LogP contribution in [0.2, 0.25) is 0 Å². The Morgan fingerprint density at radius 1 is 1.36 bits per heavy atom. The lowest BCUT2D eigenvalue weighted by Crippen LogP contribution is -2.15. The SMILES string of the molecule is N#CC1CNCC1C#Cc1ccc(C(CO)Cc2nc[nH]c(=O)c2O)c(F)c1. The quantitative estimate of drug-likeness (QED) is 0.576. The fourth-order valence-electron chi connectivity index (χ4n) is 3.16. The van der Waals surface area contributed by atoms with Gasteiger partial charge in [-0.2, -0.15) is 5.26 Å². The van der Waals surface area contributed by atoms with Crippen LogP contribution >= 0.6 is 0 Å². The lowest BCUT2D eigenvalue weighted by molar-refractivity contribution is 0.260. The number of H-pyrrole nitrogens is 1. The second-order valence-corrected chi connectivity index (χ2v) is 6.62. The lowest BCUT2D eigenvalue weighted by Gasteiger charge is -2.15. The first kappa shape index (κ1) is 19.6. The Morgan fingerprint density at radius 3 is 2.86 bits per heavy atom. The smallest absolute Gasteiger partial charge is 0.293 e. The number of aromatic nitrogens is 2. The maximum Gasteiger partial charge on any atom is 0.293 e. The van der Waals surface area contributed by atoms with Crippen LogP contribution in [0.5, 0.6) is 5.75 Å². The Kier molecular flexibility index (Phi) is 6.05. The normalized spacial score (nSPS) is 19.5. The molecule has 1 saturated heterocycles. The molecule has 2 heterocycles. The first-order chi connectivity index (χ1) is 13.5. The van der Waals surface area contributed by atoms with Crippen molar-refractivity contribution in [2.45, 2.75) is 12.3 Å². The molecule has 144 valence electrons. The molecule has 2 aromatic rings. The number of benzene rings is 1. The average molecular weight is 382 g/mol. The van der Waals surface area contributed by atoms with E-state index in [2.05, 4.69) is 33.2 Å². The number of rotatable bonds is 4. The lowest BCUT2D eigenvalue weighted by atomic mass is 9.93. The Morgan fingerprint density at radius 2 is 2.14 bits per heavy atom. The van der Waals surface area contributed by atoms with E-state index in [-0.39, 0.29) is 36.1 Å². The largest absolute Gasteiger partial charge is 0.502 e. The second kappa shape index (κ2) is 8.66. The van der Waals surface area contributed by atoms with Gasteiger partial charge in [0.05, 0.1) is 36.5 Å². The minimum Gasteiger partial charge on any atom is -0.502 e. The predicted octanol–water partition coefficient (Wildman–Crippen LogP) is 0.644. The number of nitrogens with zero attached hydrogens (tertiary/aromatic N) is 2. The summed E-state index contributed by atoms with van der Waals surface area (Å²) in [5, 5.41) is 31.6. The van der Waals surface area contributed by atoms with Crippen LogP contribution in [-0.2, 0) is 6.42 Å². The molecule has 1 aromatic carbocycles. The van der Waals surface area contributed by atoms with Crippen LogP contribution in [0.4, 0.5) is 4.39 Å². The zero-order valence-corrected chi connectivity index (χ0v) is 14.9. The summed E-state index contributed by atoms with van der Waals surface area (Å²) in [4.78, 5) is 17.6. The van der Waals surface area contributed by atoms with Gasteiger partial charge in [0.15, 0.2) is 0 Å². The van der Waals surface area contributed by atoms with Gasteiger partial charge in [0.2, 0.25) is 5.75 Å². The molecule has 7 nitrogen and oxygen atoms in total. The molecule has 0 aliphatic carbocycles. The Labute approximate surface area is 160 Å². The summed E-state index contributed by atoms with van der Waals surface area (Å²) < 4.78 is 14.6. The van der Waals surface area contributed by atoms with Crippen LogP contribution < -0.4 is 10.9 Å². The second-order valence-electron chi connectivity index (χ2n) is 6.62. The highest BCUT2D eigenvalue weighted by molar-refractivity contribution is 5.39. The number of aromatic amines is 1. The summed E-state index contributed by atoms with van der Waals surface area (Å²) >= 11 is 0. The van der Waals surface area contributed by atoms with Crippen molar-refractivity contribution in [3.05, 3.63) is 57.5 Å². The molecular weight excluding hydrogens is 363 g/mol. The van der Waals surface area contributed by atoms with Crippen molar-refractivity contribution in [1.29, 1.82) is 5.26 Å². The van der Waals surface area contributed by atoms with Crippen LogP contribution in [0.25, 0.3) is 0 Å². The van der Waals surface area contributed by atoms with E-state index in [9.17, 15) is 19.4 Å². The fourth-order valence-corrected chi connectivity index (χ4v) is 3.16. The van der Waals surface area contributed by atoms with Crippen molar-refractivity contribution in [2.24, 2.45) is 11.8 Å². The molecule has 1 aliphatic heterocycles. The van der Waals surface area contributed by atoms with Crippen LogP contribution in [0.3, 0.4) is 0 Å². The van der Waals surface area contributed by atoms with Gasteiger partial charge in [-0.25, -0.2) is 9.37 Å². The molecule has 28 heavy (non-hydrogen) atoms. The Bertz CT molecular complexity index is 1020. The maximum atomic E-state index is 14.6. The monoisotopic (exact) mass is 382 g/mol. The third-order valence-electron chi connectivity index (χ3n) is 4.79. The molecule has 0 bridgehead atoms. The zero-order chi connectivity index (χ0) is 20.1. The Hall–Kier alpha value is -3.20. The van der Waals surface area contributed by atoms with Crippen LogP contribution in [0.1, 0.15) is 22.7 Å². The minimum absolute atomic E-state index is 0.00575. The topological polar surface area (TPSA) is 122 Å². The number of aliphatic hydroxyl groups is 1. The molecule has 0 spiro atoms. The first-order valence-corrected chi connectivity index (χ1v) is 8.81. The van der Waals surface area contributed by atoms with Crippen molar-refractivity contribution >= 4 is 0 Å². The molecule has 0 radical (unpaired) electrons. The number of nitriles is 1. The van der Waals surface area contributed by atoms with Gasteiger partial charge in [-0.1, -0.05) is 17.9 Å². The fraction of sp³-hybridized carbons (Fsp3) is 0.350. The Balaban J connectivity index is 1.80. The van der Waals surface area contributed by atoms with E-state index in [1.807, 2.05) is 0 Å². The summed E-state index contributed by atoms with van der Waals surface area (Å²) in [6.07, 6.45) is 1.15. The van der Waals surface area contributed by atoms with Crippen LogP contribution in [-0.4, -0.2) is 39.9 Å². The van der Waals surface area contributed by atoms with Gasteiger partial charge in [-0.15, -0.1) is 0 Å². The van der Waals surface area contributed by atoms with Crippen molar-refractivity contribution in [3.8, 4) is 23.7 Å². The molecule has 1 aliphatic rings. The number of aromatic hydroxyl groups is 1. The van der Waals surface area contributed by atoms with Crippen molar-refractivity contribution in [2.75, 3.05) is 19.7 Å². The molecule has 1 fully saturated rings. The number of hydrogen-bond donors (Lipinski definition) is 4. The summed E-state index contributed by atoms with van der Waals surface area (Å²) in [7, 11) is 0. The molecule has 3 rings (SSSR count). The van der Waals surface area contributed by atoms with Gasteiger partial charge in [-0.3, -0.25) is 4.79 Å². The highest BCUT2D eigenvalue weighted by Gasteiger charge is 2.25. The number of aliphatic hydroxyl groups excluding tert-OH is 1. The van der Waals surface area contributed by atoms with E-state index in [0.717, 1.165) is 6.33 Å². The summed E-state index contributed by atoms with van der Waals surface area (Å²) in [6, 6.07) is 6.65. The van der Waals surface area contributed by atoms with E-state index >= 15 is 0 Å². The molecule has 3 unspecified atom stereocenters. The average Bonchev–Trinajstić information content (AvgIpc) is 3.15. The van der Waals surface area contributed by atoms with Crippen molar-refractivity contribution in [3.63, 3.8) is 0 Å². The molecule has 3 atom stereocenters. The third kappa shape index (κ3) is 4.20. The molecule has 4 N–H and O–H groups in total. The third-order valence-corrected chi connectivity index (χ3v) is 4.79. The summed E-state index contributed by atoms with van der Waals surface area (Å²) in [6.45, 7) is 0.850. The predicted molar refractivity (Wildman–Crippen MR) is 98.8 cm³/mol. The van der Waals surface area contributed by atoms with Gasteiger partial charge in [0.25, 0.3) is 5.56 Å².